The lowest BCUT2D eigenvalue weighted by Crippen LogP contribution is -2.57. The molecule has 174 valence electrons. The Morgan fingerprint density at radius 1 is 1.18 bits per heavy atom. The van der Waals surface area contributed by atoms with E-state index in [4.69, 9.17) is 21.3 Å². The largest absolute Gasteiger partial charge is 0.402 e. The molecule has 2 aromatic rings. The second kappa shape index (κ2) is 8.55. The number of imidazole rings is 1. The summed E-state index contributed by atoms with van der Waals surface area (Å²) in [5.74, 6) is 0.901. The van der Waals surface area contributed by atoms with Crippen LogP contribution in [0.3, 0.4) is 0 Å². The van der Waals surface area contributed by atoms with Gasteiger partial charge in [-0.1, -0.05) is 34.8 Å². The molecule has 9 nitrogen and oxygen atoms in total. The maximum Gasteiger partial charge on any atom is 0.402 e. The number of benzene rings is 1. The zero-order valence-electron chi connectivity index (χ0n) is 19.1. The predicted molar refractivity (Wildman–Crippen MR) is 123 cm³/mol. The van der Waals surface area contributed by atoms with Crippen molar-refractivity contribution in [1.29, 1.82) is 0 Å². The molecular formula is C23H28ClN6O3+. The quantitative estimate of drug-likeness (QED) is 0.626. The van der Waals surface area contributed by atoms with Gasteiger partial charge in [0.25, 0.3) is 5.91 Å². The van der Waals surface area contributed by atoms with Gasteiger partial charge in [0.1, 0.15) is 11.4 Å². The van der Waals surface area contributed by atoms with Crippen LogP contribution >= 0.6 is 11.6 Å². The lowest BCUT2D eigenvalue weighted by atomic mass is 10.1. The van der Waals surface area contributed by atoms with Gasteiger partial charge in [-0.3, -0.25) is 19.5 Å². The summed E-state index contributed by atoms with van der Waals surface area (Å²) < 4.78 is 9.57. The highest BCUT2D eigenvalue weighted by Gasteiger charge is 2.54. The number of aromatic nitrogens is 2. The highest BCUT2D eigenvalue weighted by molar-refractivity contribution is 6.31. The molecule has 0 aliphatic carbocycles. The number of fused-ring (bicyclic) bond motifs is 3. The van der Waals surface area contributed by atoms with Crippen LogP contribution < -0.4 is 4.57 Å². The van der Waals surface area contributed by atoms with Gasteiger partial charge in [0.05, 0.1) is 26.3 Å². The average molecular weight is 472 g/mol. The molecule has 0 N–H and O–H groups in total. The van der Waals surface area contributed by atoms with Crippen LogP contribution in [0.15, 0.2) is 29.3 Å². The molecule has 1 unspecified atom stereocenters. The van der Waals surface area contributed by atoms with Gasteiger partial charge in [-0.2, -0.15) is 0 Å². The Balaban J connectivity index is 1.46. The Morgan fingerprint density at radius 3 is 2.64 bits per heavy atom. The molecule has 5 rings (SSSR count). The van der Waals surface area contributed by atoms with E-state index < -0.39 is 12.1 Å². The van der Waals surface area contributed by atoms with Gasteiger partial charge < -0.3 is 4.74 Å². The Bertz CT molecular complexity index is 1150. The van der Waals surface area contributed by atoms with Gasteiger partial charge in [-0.25, -0.2) is 13.9 Å². The van der Waals surface area contributed by atoms with E-state index in [2.05, 4.69) is 16.4 Å². The third kappa shape index (κ3) is 3.64. The zero-order valence-corrected chi connectivity index (χ0v) is 19.9. The van der Waals surface area contributed by atoms with Crippen LogP contribution in [0.1, 0.15) is 23.0 Å². The van der Waals surface area contributed by atoms with Crippen molar-refractivity contribution in [2.45, 2.75) is 33.0 Å². The maximum absolute atomic E-state index is 13.6. The van der Waals surface area contributed by atoms with Gasteiger partial charge in [0, 0.05) is 31.7 Å². The molecule has 3 aliphatic rings. The van der Waals surface area contributed by atoms with Crippen molar-refractivity contribution in [3.05, 3.63) is 46.2 Å². The summed E-state index contributed by atoms with van der Waals surface area (Å²) in [7, 11) is 1.67. The number of hydrogen-bond donors (Lipinski definition) is 0. The van der Waals surface area contributed by atoms with Gasteiger partial charge in [-0.15, -0.1) is 0 Å². The Kier molecular flexibility index (Phi) is 5.72. The maximum atomic E-state index is 13.6. The van der Waals surface area contributed by atoms with Gasteiger partial charge >= 0.3 is 12.0 Å². The van der Waals surface area contributed by atoms with Crippen LogP contribution in [-0.4, -0.2) is 76.9 Å². The number of amides is 3. The first kappa shape index (κ1) is 22.1. The molecule has 0 spiro atoms. The Hall–Kier alpha value is -2.75. The van der Waals surface area contributed by atoms with E-state index >= 15 is 0 Å². The molecule has 1 atom stereocenters. The summed E-state index contributed by atoms with van der Waals surface area (Å²) in [6.07, 6.45) is 0. The molecule has 2 saturated heterocycles. The number of aliphatic imine (C=N–C) groups is 1. The summed E-state index contributed by atoms with van der Waals surface area (Å²) in [4.78, 5) is 36.6. The number of likely N-dealkylation sites (N-methyl/N-ethyl adjacent to an activating group) is 1. The molecule has 3 aliphatic heterocycles. The van der Waals surface area contributed by atoms with Crippen molar-refractivity contribution in [2.24, 2.45) is 4.99 Å². The number of amidine groups is 1. The topological polar surface area (TPSA) is 74.3 Å². The van der Waals surface area contributed by atoms with Crippen LogP contribution in [0, 0.1) is 13.8 Å². The summed E-state index contributed by atoms with van der Waals surface area (Å²) in [5.41, 5.74) is 2.78. The van der Waals surface area contributed by atoms with E-state index in [1.807, 2.05) is 29.7 Å². The minimum Gasteiger partial charge on any atom is -0.379 e. The number of ether oxygens (including phenoxy) is 1. The number of rotatable bonds is 5. The minimum atomic E-state index is -0.659. The number of carbonyl (C=O) groups excluding carboxylic acids is 2. The van der Waals surface area contributed by atoms with E-state index in [0.717, 1.165) is 56.3 Å². The van der Waals surface area contributed by atoms with Crippen LogP contribution in [0.25, 0.3) is 0 Å². The monoisotopic (exact) mass is 471 g/mol. The molecule has 3 amide bonds. The first-order valence-electron chi connectivity index (χ1n) is 11.2. The second-order valence-electron chi connectivity index (χ2n) is 8.68. The molecule has 0 bridgehead atoms. The standard InChI is InChI=1S/C23H28ClN6O3/c1-15-16(2)30-19-20(25-22(30)28(15)9-8-27-10-12-33-13-11-27)26(3)23(32)29(21(19)31)14-17-6-4-5-7-18(17)24/h4-7,19H,8-14H2,1-3H3/q+1. The number of morpholine rings is 1. The molecular weight excluding hydrogens is 444 g/mol. The van der Waals surface area contributed by atoms with Crippen LogP contribution in [0.2, 0.25) is 5.02 Å². The third-order valence-electron chi connectivity index (χ3n) is 6.86. The van der Waals surface area contributed by atoms with Crippen LogP contribution in [-0.2, 0) is 22.6 Å². The average Bonchev–Trinajstić information content (AvgIpc) is 3.31. The summed E-state index contributed by atoms with van der Waals surface area (Å²) >= 11 is 6.31. The highest BCUT2D eigenvalue weighted by Crippen LogP contribution is 2.36. The van der Waals surface area contributed by atoms with Gasteiger partial charge in [-0.05, 0) is 25.5 Å². The first-order valence-corrected chi connectivity index (χ1v) is 11.6. The molecule has 4 heterocycles. The lowest BCUT2D eigenvalue weighted by Gasteiger charge is -2.33. The SMILES string of the molecule is Cc1c(C)[n+](CCN2CCOCC2)c2n1C1C(=O)N(Cc3ccccc3Cl)C(=O)N(C)C1=N2. The van der Waals surface area contributed by atoms with E-state index in [-0.39, 0.29) is 12.5 Å². The van der Waals surface area contributed by atoms with Crippen molar-refractivity contribution < 1.29 is 18.9 Å². The summed E-state index contributed by atoms with van der Waals surface area (Å²) in [5, 5.41) is 0.529. The van der Waals surface area contributed by atoms with Gasteiger partial charge in [0.15, 0.2) is 0 Å². The van der Waals surface area contributed by atoms with Crippen molar-refractivity contribution in [3.63, 3.8) is 0 Å². The lowest BCUT2D eigenvalue weighted by molar-refractivity contribution is -0.688. The Morgan fingerprint density at radius 2 is 1.91 bits per heavy atom. The van der Waals surface area contributed by atoms with E-state index in [9.17, 15) is 9.59 Å². The molecule has 33 heavy (non-hydrogen) atoms. The number of imide groups is 1. The third-order valence-corrected chi connectivity index (χ3v) is 7.22. The van der Waals surface area contributed by atoms with Crippen molar-refractivity contribution in [3.8, 4) is 0 Å². The zero-order chi connectivity index (χ0) is 23.3. The summed E-state index contributed by atoms with van der Waals surface area (Å²) in [6.45, 7) is 9.15. The van der Waals surface area contributed by atoms with Crippen LogP contribution in [0.5, 0.6) is 0 Å². The number of hydrogen-bond acceptors (Lipinski definition) is 5. The minimum absolute atomic E-state index is 0.122. The predicted octanol–water partition coefficient (Wildman–Crippen LogP) is 2.06. The van der Waals surface area contributed by atoms with Crippen LogP contribution in [0.4, 0.5) is 10.7 Å². The number of nitrogens with zero attached hydrogens (tertiary/aromatic N) is 6. The molecule has 1 aromatic carbocycles. The fraction of sp³-hybridized carbons (Fsp3) is 0.478. The van der Waals surface area contributed by atoms with Gasteiger partial charge in [0.2, 0.25) is 11.9 Å². The fourth-order valence-corrected chi connectivity index (χ4v) is 4.97. The molecule has 1 aromatic heterocycles. The fourth-order valence-electron chi connectivity index (χ4n) is 4.78. The second-order valence-corrected chi connectivity index (χ2v) is 9.08. The van der Waals surface area contributed by atoms with Crippen molar-refractivity contribution >= 4 is 35.3 Å². The van der Waals surface area contributed by atoms with E-state index in [1.165, 1.54) is 9.80 Å². The summed E-state index contributed by atoms with van der Waals surface area (Å²) in [6, 6.07) is 6.21. The van der Waals surface area contributed by atoms with Crippen molar-refractivity contribution in [1.82, 2.24) is 19.3 Å². The smallest absolute Gasteiger partial charge is 0.379 e. The molecule has 0 saturated carbocycles. The normalized spacial score (nSPS) is 20.8. The molecule has 2 fully saturated rings. The van der Waals surface area contributed by atoms with Crippen molar-refractivity contribution in [2.75, 3.05) is 39.9 Å². The number of halogens is 1. The highest BCUT2D eigenvalue weighted by atomic mass is 35.5. The van der Waals surface area contributed by atoms with E-state index in [1.54, 1.807) is 13.1 Å². The number of urea groups is 1. The first-order chi connectivity index (χ1) is 15.9. The Labute approximate surface area is 197 Å². The number of carbonyl (C=O) groups is 2. The molecule has 0 radical (unpaired) electrons. The van der Waals surface area contributed by atoms with E-state index in [0.29, 0.717) is 16.8 Å². The molecule has 10 heteroatoms.